The van der Waals surface area contributed by atoms with E-state index < -0.39 is 23.8 Å². The lowest BCUT2D eigenvalue weighted by molar-refractivity contribution is -0.160. The Balaban J connectivity index is 2.79. The van der Waals surface area contributed by atoms with Gasteiger partial charge in [-0.05, 0) is 20.8 Å². The third-order valence-electron chi connectivity index (χ3n) is 2.90. The van der Waals surface area contributed by atoms with E-state index in [9.17, 15) is 14.4 Å². The average molecular weight is 242 g/mol. The number of hydrazine groups is 1. The first-order valence-corrected chi connectivity index (χ1v) is 5.52. The molecule has 17 heavy (non-hydrogen) atoms. The zero-order chi connectivity index (χ0) is 13.2. The van der Waals surface area contributed by atoms with Crippen molar-refractivity contribution in [3.8, 4) is 0 Å². The van der Waals surface area contributed by atoms with Crippen LogP contribution in [0.15, 0.2) is 0 Å². The highest BCUT2D eigenvalue weighted by molar-refractivity contribution is 6.35. The highest BCUT2D eigenvalue weighted by Crippen LogP contribution is 2.11. The van der Waals surface area contributed by atoms with Crippen molar-refractivity contribution in [1.82, 2.24) is 15.2 Å². The number of hydrogen-bond donors (Lipinski definition) is 2. The third kappa shape index (κ3) is 2.55. The maximum Gasteiger partial charge on any atom is 0.312 e. The van der Waals surface area contributed by atoms with Gasteiger partial charge in [0.2, 0.25) is 0 Å². The first-order chi connectivity index (χ1) is 7.90. The molecule has 0 aromatic carbocycles. The molecule has 0 aromatic rings. The van der Waals surface area contributed by atoms with Crippen LogP contribution >= 0.6 is 0 Å². The molecule has 0 aliphatic carbocycles. The summed E-state index contributed by atoms with van der Waals surface area (Å²) < 4.78 is 0. The van der Waals surface area contributed by atoms with E-state index in [4.69, 9.17) is 5.84 Å². The van der Waals surface area contributed by atoms with Crippen molar-refractivity contribution in [2.75, 3.05) is 13.1 Å². The van der Waals surface area contributed by atoms with E-state index in [2.05, 4.69) is 0 Å². The Kier molecular flexibility index (Phi) is 4.06. The van der Waals surface area contributed by atoms with Crippen LogP contribution in [0.1, 0.15) is 20.8 Å². The molecule has 0 saturated carbocycles. The van der Waals surface area contributed by atoms with E-state index in [1.54, 1.807) is 6.92 Å². The number of carbonyl (C=O) groups excluding carboxylic acids is 3. The molecule has 1 saturated heterocycles. The number of rotatable bonds is 3. The topological polar surface area (TPSA) is 95.7 Å². The highest BCUT2D eigenvalue weighted by atomic mass is 16.2. The lowest BCUT2D eigenvalue weighted by atomic mass is 10.2. The van der Waals surface area contributed by atoms with Gasteiger partial charge >= 0.3 is 11.8 Å². The lowest BCUT2D eigenvalue weighted by Gasteiger charge is -2.38. The van der Waals surface area contributed by atoms with E-state index in [1.165, 1.54) is 9.80 Å². The standard InChI is InChI=1S/C10H18N4O3/c1-6(2)13-4-5-14(10(17)9(13)16)7(3)8(15)12-11/h6-7H,4-5,11H2,1-3H3,(H,12,15). The van der Waals surface area contributed by atoms with Crippen molar-refractivity contribution >= 4 is 17.7 Å². The van der Waals surface area contributed by atoms with Gasteiger partial charge in [0, 0.05) is 19.1 Å². The van der Waals surface area contributed by atoms with Crippen LogP contribution in [-0.4, -0.2) is 52.7 Å². The molecule has 3 N–H and O–H groups in total. The Morgan fingerprint density at radius 3 is 2.12 bits per heavy atom. The summed E-state index contributed by atoms with van der Waals surface area (Å²) in [6, 6.07) is -0.752. The Morgan fingerprint density at radius 1 is 1.18 bits per heavy atom. The van der Waals surface area contributed by atoms with Crippen molar-refractivity contribution in [2.45, 2.75) is 32.9 Å². The normalized spacial score (nSPS) is 18.6. The van der Waals surface area contributed by atoms with Crippen LogP contribution in [0, 0.1) is 0 Å². The van der Waals surface area contributed by atoms with Crippen molar-refractivity contribution in [3.05, 3.63) is 0 Å². The summed E-state index contributed by atoms with van der Waals surface area (Å²) in [5.41, 5.74) is 1.97. The number of amides is 3. The average Bonchev–Trinajstić information content (AvgIpc) is 2.30. The molecule has 1 fully saturated rings. The van der Waals surface area contributed by atoms with Crippen molar-refractivity contribution in [1.29, 1.82) is 0 Å². The monoisotopic (exact) mass is 242 g/mol. The van der Waals surface area contributed by atoms with Crippen LogP contribution in [0.2, 0.25) is 0 Å². The minimum absolute atomic E-state index is 0.0211. The van der Waals surface area contributed by atoms with E-state index in [0.29, 0.717) is 13.1 Å². The van der Waals surface area contributed by atoms with E-state index in [1.807, 2.05) is 19.3 Å². The molecule has 0 aromatic heterocycles. The zero-order valence-corrected chi connectivity index (χ0v) is 10.3. The molecular formula is C10H18N4O3. The Hall–Kier alpha value is -1.63. The van der Waals surface area contributed by atoms with Gasteiger partial charge in [-0.1, -0.05) is 0 Å². The molecule has 1 atom stereocenters. The zero-order valence-electron chi connectivity index (χ0n) is 10.3. The molecule has 7 heteroatoms. The molecule has 1 aliphatic rings. The summed E-state index contributed by atoms with van der Waals surface area (Å²) in [5, 5.41) is 0. The molecule has 0 spiro atoms. The number of piperazine rings is 1. The number of nitrogens with two attached hydrogens (primary N) is 1. The second-order valence-corrected chi connectivity index (χ2v) is 4.28. The van der Waals surface area contributed by atoms with Crippen molar-refractivity contribution < 1.29 is 14.4 Å². The number of nitrogens with zero attached hydrogens (tertiary/aromatic N) is 2. The SMILES string of the molecule is CC(C)N1CCN(C(C)C(=O)NN)C(=O)C1=O. The van der Waals surface area contributed by atoms with Crippen LogP contribution in [0.4, 0.5) is 0 Å². The van der Waals surface area contributed by atoms with Crippen molar-refractivity contribution in [2.24, 2.45) is 5.84 Å². The van der Waals surface area contributed by atoms with E-state index in [0.717, 1.165) is 0 Å². The minimum Gasteiger partial charge on any atom is -0.330 e. The fourth-order valence-electron chi connectivity index (χ4n) is 1.79. The number of nitrogens with one attached hydrogen (secondary N) is 1. The predicted molar refractivity (Wildman–Crippen MR) is 60.4 cm³/mol. The van der Waals surface area contributed by atoms with Gasteiger partial charge in [-0.3, -0.25) is 19.8 Å². The lowest BCUT2D eigenvalue weighted by Crippen LogP contribution is -2.61. The molecular weight excluding hydrogens is 224 g/mol. The predicted octanol–water partition coefficient (Wildman–Crippen LogP) is -1.56. The van der Waals surface area contributed by atoms with Gasteiger partial charge < -0.3 is 9.80 Å². The summed E-state index contributed by atoms with van der Waals surface area (Å²) in [6.45, 7) is 6.01. The van der Waals surface area contributed by atoms with Gasteiger partial charge in [-0.25, -0.2) is 5.84 Å². The highest BCUT2D eigenvalue weighted by Gasteiger charge is 2.37. The second-order valence-electron chi connectivity index (χ2n) is 4.28. The largest absolute Gasteiger partial charge is 0.330 e. The number of hydrogen-bond acceptors (Lipinski definition) is 4. The Labute approximate surface area is 99.9 Å². The summed E-state index contributed by atoms with van der Waals surface area (Å²) in [4.78, 5) is 37.6. The summed E-state index contributed by atoms with van der Waals surface area (Å²) >= 11 is 0. The molecule has 0 radical (unpaired) electrons. The Morgan fingerprint density at radius 2 is 1.65 bits per heavy atom. The molecule has 1 unspecified atom stereocenters. The molecule has 1 heterocycles. The first kappa shape index (κ1) is 13.4. The second kappa shape index (κ2) is 5.13. The van der Waals surface area contributed by atoms with E-state index >= 15 is 0 Å². The smallest absolute Gasteiger partial charge is 0.312 e. The molecule has 3 amide bonds. The van der Waals surface area contributed by atoms with Crippen LogP contribution in [0.25, 0.3) is 0 Å². The fraction of sp³-hybridized carbons (Fsp3) is 0.700. The van der Waals surface area contributed by atoms with Gasteiger partial charge in [0.05, 0.1) is 0 Å². The van der Waals surface area contributed by atoms with Gasteiger partial charge in [0.25, 0.3) is 5.91 Å². The molecule has 96 valence electrons. The molecule has 1 rings (SSSR count). The van der Waals surface area contributed by atoms with Gasteiger partial charge in [-0.15, -0.1) is 0 Å². The van der Waals surface area contributed by atoms with E-state index in [-0.39, 0.29) is 6.04 Å². The van der Waals surface area contributed by atoms with Gasteiger partial charge in [0.1, 0.15) is 6.04 Å². The minimum atomic E-state index is -0.731. The van der Waals surface area contributed by atoms with Crippen LogP contribution in [0.5, 0.6) is 0 Å². The van der Waals surface area contributed by atoms with Crippen LogP contribution in [0.3, 0.4) is 0 Å². The summed E-state index contributed by atoms with van der Waals surface area (Å²) in [5.74, 6) is 3.30. The van der Waals surface area contributed by atoms with Gasteiger partial charge in [0.15, 0.2) is 0 Å². The van der Waals surface area contributed by atoms with Gasteiger partial charge in [-0.2, -0.15) is 0 Å². The fourth-order valence-corrected chi connectivity index (χ4v) is 1.79. The van der Waals surface area contributed by atoms with Crippen LogP contribution in [-0.2, 0) is 14.4 Å². The quantitative estimate of drug-likeness (QED) is 0.271. The molecule has 1 aliphatic heterocycles. The molecule has 0 bridgehead atoms. The molecule has 7 nitrogen and oxygen atoms in total. The maximum atomic E-state index is 11.8. The Bertz CT molecular complexity index is 342. The van der Waals surface area contributed by atoms with Crippen LogP contribution < -0.4 is 11.3 Å². The maximum absolute atomic E-state index is 11.8. The first-order valence-electron chi connectivity index (χ1n) is 5.52. The van der Waals surface area contributed by atoms with Crippen molar-refractivity contribution in [3.63, 3.8) is 0 Å². The summed E-state index contributed by atoms with van der Waals surface area (Å²) in [7, 11) is 0. The third-order valence-corrected chi connectivity index (χ3v) is 2.90. The number of carbonyl (C=O) groups is 3. The summed E-state index contributed by atoms with van der Waals surface area (Å²) in [6.07, 6.45) is 0.